The molecule has 1 saturated carbocycles. The highest BCUT2D eigenvalue weighted by molar-refractivity contribution is 9.10. The maximum atomic E-state index is 6.24. The van der Waals surface area contributed by atoms with Crippen molar-refractivity contribution in [2.24, 2.45) is 22.6 Å². The second-order valence-electron chi connectivity index (χ2n) is 6.50. The van der Waals surface area contributed by atoms with Gasteiger partial charge in [-0.25, -0.2) is 0 Å². The SMILES string of the molecule is CC1CCC(C)C2(CN=C(N)N2c2ccc(Cl)c(Br)c2)C1. The highest BCUT2D eigenvalue weighted by Crippen LogP contribution is 2.46. The number of rotatable bonds is 1. The van der Waals surface area contributed by atoms with Crippen molar-refractivity contribution >= 4 is 39.2 Å². The van der Waals surface area contributed by atoms with Gasteiger partial charge in [-0.3, -0.25) is 4.99 Å². The van der Waals surface area contributed by atoms with Crippen molar-refractivity contribution in [1.29, 1.82) is 0 Å². The van der Waals surface area contributed by atoms with Crippen LogP contribution >= 0.6 is 27.5 Å². The molecule has 5 heteroatoms. The van der Waals surface area contributed by atoms with Crippen molar-refractivity contribution in [1.82, 2.24) is 0 Å². The van der Waals surface area contributed by atoms with E-state index >= 15 is 0 Å². The molecule has 0 saturated heterocycles. The zero-order valence-corrected chi connectivity index (χ0v) is 14.8. The Bertz CT molecular complexity index is 589. The van der Waals surface area contributed by atoms with Gasteiger partial charge in [0, 0.05) is 10.2 Å². The van der Waals surface area contributed by atoms with Gasteiger partial charge in [-0.2, -0.15) is 0 Å². The van der Waals surface area contributed by atoms with E-state index in [1.165, 1.54) is 12.8 Å². The zero-order chi connectivity index (χ0) is 15.2. The maximum absolute atomic E-state index is 6.24. The monoisotopic (exact) mass is 369 g/mol. The molecule has 114 valence electrons. The average molecular weight is 371 g/mol. The molecule has 1 aliphatic heterocycles. The zero-order valence-electron chi connectivity index (χ0n) is 12.4. The molecule has 1 heterocycles. The Morgan fingerprint density at radius 1 is 1.38 bits per heavy atom. The predicted octanol–water partition coefficient (Wildman–Crippen LogP) is 4.43. The van der Waals surface area contributed by atoms with E-state index < -0.39 is 0 Å². The van der Waals surface area contributed by atoms with Gasteiger partial charge in [-0.05, 0) is 58.8 Å². The molecule has 2 N–H and O–H groups in total. The highest BCUT2D eigenvalue weighted by atomic mass is 79.9. The first-order valence-electron chi connectivity index (χ1n) is 7.49. The Morgan fingerprint density at radius 2 is 2.14 bits per heavy atom. The van der Waals surface area contributed by atoms with Crippen molar-refractivity contribution in [2.45, 2.75) is 38.6 Å². The Morgan fingerprint density at radius 3 is 2.86 bits per heavy atom. The molecular weight excluding hydrogens is 350 g/mol. The van der Waals surface area contributed by atoms with E-state index in [2.05, 4.69) is 39.7 Å². The van der Waals surface area contributed by atoms with Gasteiger partial charge in [0.1, 0.15) is 0 Å². The number of nitrogens with zero attached hydrogens (tertiary/aromatic N) is 2. The molecule has 1 aromatic carbocycles. The molecule has 0 bridgehead atoms. The molecule has 3 rings (SSSR count). The number of hydrogen-bond donors (Lipinski definition) is 1. The molecule has 1 aromatic rings. The largest absolute Gasteiger partial charge is 0.369 e. The van der Waals surface area contributed by atoms with Gasteiger partial charge in [-0.15, -0.1) is 0 Å². The number of hydrogen-bond acceptors (Lipinski definition) is 3. The maximum Gasteiger partial charge on any atom is 0.196 e. The number of guanidine groups is 1. The minimum absolute atomic E-state index is 0.0228. The fraction of sp³-hybridized carbons (Fsp3) is 0.562. The Balaban J connectivity index is 2.04. The van der Waals surface area contributed by atoms with Crippen LogP contribution in [0.2, 0.25) is 5.02 Å². The van der Waals surface area contributed by atoms with Gasteiger partial charge in [0.2, 0.25) is 0 Å². The minimum Gasteiger partial charge on any atom is -0.369 e. The number of nitrogens with two attached hydrogens (primary N) is 1. The Labute approximate surface area is 139 Å². The molecule has 3 nitrogen and oxygen atoms in total. The fourth-order valence-electron chi connectivity index (χ4n) is 3.84. The van der Waals surface area contributed by atoms with Crippen molar-refractivity contribution in [3.63, 3.8) is 0 Å². The summed E-state index contributed by atoms with van der Waals surface area (Å²) in [5.74, 6) is 1.92. The van der Waals surface area contributed by atoms with E-state index in [1.807, 2.05) is 18.2 Å². The van der Waals surface area contributed by atoms with Crippen LogP contribution in [0.1, 0.15) is 33.1 Å². The Hall–Kier alpha value is -0.740. The predicted molar refractivity (Wildman–Crippen MR) is 93.0 cm³/mol. The molecule has 0 amide bonds. The average Bonchev–Trinajstić information content (AvgIpc) is 2.76. The lowest BCUT2D eigenvalue weighted by atomic mass is 9.69. The molecule has 3 unspecified atom stereocenters. The number of halogens is 2. The van der Waals surface area contributed by atoms with Crippen LogP contribution in [0.5, 0.6) is 0 Å². The van der Waals surface area contributed by atoms with Crippen molar-refractivity contribution in [3.05, 3.63) is 27.7 Å². The van der Waals surface area contributed by atoms with E-state index in [1.54, 1.807) is 0 Å². The molecule has 1 fully saturated rings. The third kappa shape index (κ3) is 2.46. The standard InChI is InChI=1S/C16H21BrClN3/c1-10-3-4-11(2)16(8-10)9-20-15(19)21(16)12-5-6-14(18)13(17)7-12/h5-7,10-11H,3-4,8-9H2,1-2H3,(H2,19,20). The second-order valence-corrected chi connectivity index (χ2v) is 7.76. The topological polar surface area (TPSA) is 41.6 Å². The quantitative estimate of drug-likeness (QED) is 0.794. The van der Waals surface area contributed by atoms with Gasteiger partial charge in [0.05, 0.1) is 17.1 Å². The minimum atomic E-state index is 0.0228. The van der Waals surface area contributed by atoms with E-state index in [9.17, 15) is 0 Å². The van der Waals surface area contributed by atoms with E-state index in [0.717, 1.165) is 23.1 Å². The van der Waals surface area contributed by atoms with E-state index in [4.69, 9.17) is 17.3 Å². The van der Waals surface area contributed by atoms with Gasteiger partial charge in [-0.1, -0.05) is 31.9 Å². The van der Waals surface area contributed by atoms with Crippen LogP contribution in [-0.4, -0.2) is 18.0 Å². The van der Waals surface area contributed by atoms with Gasteiger partial charge in [0.25, 0.3) is 0 Å². The lowest BCUT2D eigenvalue weighted by Crippen LogP contribution is -2.58. The first-order chi connectivity index (χ1) is 9.94. The summed E-state index contributed by atoms with van der Waals surface area (Å²) >= 11 is 9.64. The smallest absolute Gasteiger partial charge is 0.196 e. The second kappa shape index (κ2) is 5.47. The van der Waals surface area contributed by atoms with Crippen LogP contribution in [0.15, 0.2) is 27.7 Å². The number of benzene rings is 1. The molecular formula is C16H21BrClN3. The number of aliphatic imine (C=N–C) groups is 1. The first kappa shape index (κ1) is 15.2. The summed E-state index contributed by atoms with van der Waals surface area (Å²) in [6, 6.07) is 6.00. The van der Waals surface area contributed by atoms with Gasteiger partial charge in [0.15, 0.2) is 5.96 Å². The van der Waals surface area contributed by atoms with E-state index in [-0.39, 0.29) is 5.54 Å². The highest BCUT2D eigenvalue weighted by Gasteiger charge is 2.49. The summed E-state index contributed by atoms with van der Waals surface area (Å²) in [5, 5.41) is 0.715. The van der Waals surface area contributed by atoms with Crippen LogP contribution in [0, 0.1) is 11.8 Å². The molecule has 2 aliphatic rings. The third-order valence-electron chi connectivity index (χ3n) is 5.06. The molecule has 0 radical (unpaired) electrons. The van der Waals surface area contributed by atoms with Crippen LogP contribution in [0.4, 0.5) is 5.69 Å². The summed E-state index contributed by atoms with van der Waals surface area (Å²) in [7, 11) is 0. The summed E-state index contributed by atoms with van der Waals surface area (Å²) in [6.07, 6.45) is 3.66. The van der Waals surface area contributed by atoms with Crippen LogP contribution in [-0.2, 0) is 0 Å². The van der Waals surface area contributed by atoms with Crippen LogP contribution < -0.4 is 10.6 Å². The molecule has 1 aliphatic carbocycles. The van der Waals surface area contributed by atoms with Crippen molar-refractivity contribution in [3.8, 4) is 0 Å². The lowest BCUT2D eigenvalue weighted by Gasteiger charge is -2.48. The van der Waals surface area contributed by atoms with Crippen molar-refractivity contribution < 1.29 is 0 Å². The summed E-state index contributed by atoms with van der Waals surface area (Å²) in [4.78, 5) is 6.82. The van der Waals surface area contributed by atoms with Gasteiger partial charge >= 0.3 is 0 Å². The van der Waals surface area contributed by atoms with Crippen LogP contribution in [0.3, 0.4) is 0 Å². The lowest BCUT2D eigenvalue weighted by molar-refractivity contribution is 0.178. The summed E-state index contributed by atoms with van der Waals surface area (Å²) in [6.45, 7) is 5.46. The fourth-order valence-corrected chi connectivity index (χ4v) is 4.33. The third-order valence-corrected chi connectivity index (χ3v) is 6.28. The van der Waals surface area contributed by atoms with Crippen LogP contribution in [0.25, 0.3) is 0 Å². The molecule has 3 atom stereocenters. The van der Waals surface area contributed by atoms with E-state index in [0.29, 0.717) is 22.8 Å². The normalized spacial score (nSPS) is 32.6. The summed E-state index contributed by atoms with van der Waals surface area (Å²) < 4.78 is 0.896. The van der Waals surface area contributed by atoms with Crippen molar-refractivity contribution in [2.75, 3.05) is 11.4 Å². The molecule has 0 aromatic heterocycles. The molecule has 1 spiro atoms. The first-order valence-corrected chi connectivity index (χ1v) is 8.66. The molecule has 21 heavy (non-hydrogen) atoms. The summed E-state index contributed by atoms with van der Waals surface area (Å²) in [5.41, 5.74) is 7.34. The Kier molecular flexibility index (Phi) is 3.95. The number of anilines is 1. The van der Waals surface area contributed by atoms with Gasteiger partial charge < -0.3 is 10.6 Å².